The lowest BCUT2D eigenvalue weighted by Crippen LogP contribution is -2.30. The van der Waals surface area contributed by atoms with Gasteiger partial charge in [-0.05, 0) is 12.7 Å². The molecule has 0 spiro atoms. The molecule has 0 saturated heterocycles. The van der Waals surface area contributed by atoms with Crippen molar-refractivity contribution in [3.05, 3.63) is 0 Å². The van der Waals surface area contributed by atoms with Crippen molar-refractivity contribution in [1.82, 2.24) is 0 Å². The van der Waals surface area contributed by atoms with Gasteiger partial charge in [0.1, 0.15) is 8.84 Å². The van der Waals surface area contributed by atoms with Gasteiger partial charge in [-0.1, -0.05) is 0 Å². The predicted octanol–water partition coefficient (Wildman–Crippen LogP) is -1.55. The first-order valence-corrected chi connectivity index (χ1v) is 2.87. The smallest absolute Gasteiger partial charge is 0.320 e. The Kier molecular flexibility index (Phi) is 1.61. The van der Waals surface area contributed by atoms with Crippen LogP contribution in [0.25, 0.3) is 0 Å². The zero-order valence-corrected chi connectivity index (χ0v) is 6.11. The lowest BCUT2D eigenvalue weighted by atomic mass is 10.2. The van der Waals surface area contributed by atoms with Gasteiger partial charge in [0.25, 0.3) is 0 Å². The summed E-state index contributed by atoms with van der Waals surface area (Å²) in [7, 11) is 0. The molecule has 0 aliphatic rings. The highest BCUT2D eigenvalue weighted by atomic mass is 16.4. The summed E-state index contributed by atoms with van der Waals surface area (Å²) in [6.45, 7) is -0.954. The largest absolute Gasteiger partial charge is 0.480 e. The van der Waals surface area contributed by atoms with Gasteiger partial charge in [-0.15, -0.1) is 0 Å². The Labute approximate surface area is 80.4 Å². The molecular formula is C6H14N4O2. The van der Waals surface area contributed by atoms with Crippen molar-refractivity contribution in [2.75, 3.05) is 6.54 Å². The molecule has 0 unspecified atom stereocenters. The summed E-state index contributed by atoms with van der Waals surface area (Å²) in [6, 6.07) is -3.49. The summed E-state index contributed by atoms with van der Waals surface area (Å²) in [5.41, 5.74) is 9.21. The first-order valence-electron chi connectivity index (χ1n) is 6.27. The second kappa shape index (κ2) is 5.36. The fourth-order valence-electron chi connectivity index (χ4n) is 0.308. The van der Waals surface area contributed by atoms with Gasteiger partial charge in [0.15, 0.2) is 5.96 Å². The van der Waals surface area contributed by atoms with E-state index in [-0.39, 0.29) is 0 Å². The molecule has 0 bridgehead atoms. The van der Waals surface area contributed by atoms with E-state index < -0.39 is 43.0 Å². The van der Waals surface area contributed by atoms with E-state index in [2.05, 4.69) is 4.99 Å². The van der Waals surface area contributed by atoms with Crippen LogP contribution in [0.1, 0.15) is 19.6 Å². The summed E-state index contributed by atoms with van der Waals surface area (Å²) < 4.78 is 51.0. The lowest BCUT2D eigenvalue weighted by Gasteiger charge is -2.03. The molecule has 0 saturated carbocycles. The Bertz CT molecular complexity index is 384. The molecule has 6 nitrogen and oxygen atoms in total. The van der Waals surface area contributed by atoms with Crippen molar-refractivity contribution in [1.29, 1.82) is 0 Å². The molecule has 12 heavy (non-hydrogen) atoms. The third-order valence-electron chi connectivity index (χ3n) is 0.750. The molecule has 0 aliphatic heterocycles. The maximum atomic E-state index is 10.9. The number of rotatable bonds is 6. The van der Waals surface area contributed by atoms with Gasteiger partial charge in [0, 0.05) is 12.0 Å². The number of hydrogen-bond donors (Lipinski definition) is 4. The molecule has 0 fully saturated rings. The SMILES string of the molecule is [2H]N([2H])[C@]([2H])(C(=O)O)C([2H])([2H])C([2H])([2H])CN=C(N)N. The Morgan fingerprint density at radius 2 is 2.50 bits per heavy atom. The second-order valence-corrected chi connectivity index (χ2v) is 1.70. The van der Waals surface area contributed by atoms with E-state index >= 15 is 0 Å². The second-order valence-electron chi connectivity index (χ2n) is 1.70. The summed E-state index contributed by atoms with van der Waals surface area (Å²) in [6.07, 6.45) is -6.42. The number of nitrogens with zero attached hydrogens (tertiary/aromatic N) is 1. The monoisotopic (exact) mass is 181 g/mol. The van der Waals surface area contributed by atoms with Crippen LogP contribution in [0.3, 0.4) is 0 Å². The van der Waals surface area contributed by atoms with Crippen LogP contribution in [0, 0.1) is 0 Å². The van der Waals surface area contributed by atoms with Crippen molar-refractivity contribution in [3.8, 4) is 0 Å². The van der Waals surface area contributed by atoms with Crippen LogP contribution in [0.4, 0.5) is 0 Å². The van der Waals surface area contributed by atoms with Gasteiger partial charge < -0.3 is 22.3 Å². The minimum Gasteiger partial charge on any atom is -0.480 e. The van der Waals surface area contributed by atoms with E-state index in [1.165, 1.54) is 0 Å². The van der Waals surface area contributed by atoms with Crippen molar-refractivity contribution in [3.63, 3.8) is 0 Å². The summed E-state index contributed by atoms with van der Waals surface area (Å²) in [4.78, 5) is 14.2. The third kappa shape index (κ3) is 5.48. The van der Waals surface area contributed by atoms with E-state index in [4.69, 9.17) is 26.3 Å². The van der Waals surface area contributed by atoms with Crippen molar-refractivity contribution >= 4 is 11.9 Å². The first kappa shape index (κ1) is 3.61. The zero-order chi connectivity index (χ0) is 15.6. The lowest BCUT2D eigenvalue weighted by molar-refractivity contribution is -0.138. The van der Waals surface area contributed by atoms with Gasteiger partial charge in [0.2, 0.25) is 0 Å². The standard InChI is InChI=1S/C6H14N4O2/c7-4(5(11)12)2-1-3-10-6(8)9/h4H,1-3,7H2,(H,11,12)(H4,8,9,10)/t4-/m0/s1/i1D2,2D2,4D/hD2. The van der Waals surface area contributed by atoms with E-state index in [1.807, 2.05) is 0 Å². The number of carbonyl (C=O) groups is 1. The molecule has 0 radical (unpaired) electrons. The molecule has 0 amide bonds. The molecule has 0 aromatic rings. The highest BCUT2D eigenvalue weighted by Crippen LogP contribution is 1.94. The number of nitrogens with two attached hydrogens (primary N) is 3. The highest BCUT2D eigenvalue weighted by molar-refractivity contribution is 5.75. The Balaban J connectivity index is 5.67. The van der Waals surface area contributed by atoms with Gasteiger partial charge in [0.05, 0.1) is 1.37 Å². The maximum Gasteiger partial charge on any atom is 0.320 e. The van der Waals surface area contributed by atoms with Crippen LogP contribution < -0.4 is 17.2 Å². The molecule has 0 aromatic heterocycles. The van der Waals surface area contributed by atoms with E-state index in [0.717, 1.165) is 0 Å². The van der Waals surface area contributed by atoms with E-state index in [9.17, 15) is 4.79 Å². The minimum absolute atomic E-state index is 0.542. The summed E-state index contributed by atoms with van der Waals surface area (Å²) in [5, 5.41) is 8.82. The molecule has 0 rings (SSSR count). The molecule has 0 aliphatic carbocycles. The van der Waals surface area contributed by atoms with Crippen molar-refractivity contribution in [2.24, 2.45) is 22.2 Å². The van der Waals surface area contributed by atoms with E-state index in [0.29, 0.717) is 0 Å². The van der Waals surface area contributed by atoms with Crippen molar-refractivity contribution in [2.45, 2.75) is 18.8 Å². The number of carboxylic acid groups (broad SMARTS) is 1. The number of guanidine groups is 1. The van der Waals surface area contributed by atoms with Crippen molar-refractivity contribution < 1.29 is 19.6 Å². The summed E-state index contributed by atoms with van der Waals surface area (Å²) >= 11 is 0. The Morgan fingerprint density at radius 3 is 2.92 bits per heavy atom. The minimum atomic E-state index is -3.49. The average Bonchev–Trinajstić information content (AvgIpc) is 2.24. The van der Waals surface area contributed by atoms with E-state index in [1.54, 1.807) is 0 Å². The average molecular weight is 181 g/mol. The molecular weight excluding hydrogens is 160 g/mol. The molecule has 0 heterocycles. The predicted molar refractivity (Wildman–Crippen MR) is 45.5 cm³/mol. The van der Waals surface area contributed by atoms with Crippen LogP contribution in [-0.4, -0.2) is 29.6 Å². The number of carboxylic acids is 1. The fraction of sp³-hybridized carbons (Fsp3) is 0.667. The molecule has 70 valence electrons. The Hall–Kier alpha value is -1.30. The topological polar surface area (TPSA) is 128 Å². The third-order valence-corrected chi connectivity index (χ3v) is 0.750. The normalized spacial score (nSPS) is 25.9. The van der Waals surface area contributed by atoms with Crippen LogP contribution >= 0.6 is 0 Å². The zero-order valence-electron chi connectivity index (χ0n) is 13.1. The van der Waals surface area contributed by atoms with Gasteiger partial charge >= 0.3 is 5.97 Å². The molecule has 1 atom stereocenters. The molecule has 7 N–H and O–H groups in total. The van der Waals surface area contributed by atoms with Crippen LogP contribution in [-0.2, 0) is 4.79 Å². The number of hydrogen-bond acceptors (Lipinski definition) is 3. The van der Waals surface area contributed by atoms with Crippen LogP contribution in [0.15, 0.2) is 4.99 Å². The van der Waals surface area contributed by atoms with Gasteiger partial charge in [-0.25, -0.2) is 0 Å². The highest BCUT2D eigenvalue weighted by Gasteiger charge is 2.09. The summed E-state index contributed by atoms with van der Waals surface area (Å²) in [5.74, 6) is -2.73. The first-order chi connectivity index (χ1) is 8.30. The number of aliphatic imine (C=N–C) groups is 1. The molecule has 6 heteroatoms. The van der Waals surface area contributed by atoms with Crippen LogP contribution in [0.2, 0.25) is 2.82 Å². The Morgan fingerprint density at radius 1 is 1.83 bits per heavy atom. The quantitative estimate of drug-likeness (QED) is 0.291. The number of aliphatic carboxylic acids is 1. The van der Waals surface area contributed by atoms with Gasteiger partial charge in [-0.2, -0.15) is 0 Å². The molecule has 0 aromatic carbocycles. The maximum absolute atomic E-state index is 10.9. The van der Waals surface area contributed by atoms with Crippen LogP contribution in [0.5, 0.6) is 0 Å². The van der Waals surface area contributed by atoms with Gasteiger partial charge in [-0.3, -0.25) is 9.79 Å². The fourth-order valence-corrected chi connectivity index (χ4v) is 0.308.